The predicted octanol–water partition coefficient (Wildman–Crippen LogP) is -7.20. The van der Waals surface area contributed by atoms with Crippen LogP contribution < -0.4 is 113 Å². The normalized spacial score (nSPS) is 30.7. The summed E-state index contributed by atoms with van der Waals surface area (Å²) >= 11 is 0. The zero-order chi connectivity index (χ0) is 21.2. The van der Waals surface area contributed by atoms with Crippen molar-refractivity contribution in [3.63, 3.8) is 0 Å². The first kappa shape index (κ1) is 32.9. The van der Waals surface area contributed by atoms with Gasteiger partial charge in [-0.1, -0.05) is 6.42 Å². The van der Waals surface area contributed by atoms with Crippen LogP contribution in [0, 0.1) is 0 Å². The summed E-state index contributed by atoms with van der Waals surface area (Å²) in [6.45, 7) is -0.0296. The smallest absolute Gasteiger partial charge is 0.748 e. The molecular weight excluding hydrogens is 515 g/mol. The minimum absolute atomic E-state index is 0. The number of sulfonamides is 1. The van der Waals surface area contributed by atoms with Crippen molar-refractivity contribution in [2.75, 3.05) is 13.0 Å². The fourth-order valence-corrected chi connectivity index (χ4v) is 6.62. The van der Waals surface area contributed by atoms with Crippen LogP contribution in [0.3, 0.4) is 0 Å². The summed E-state index contributed by atoms with van der Waals surface area (Å²) < 4.78 is 98.5. The molecule has 4 unspecified atom stereocenters. The average molecular weight is 541 g/mol. The van der Waals surface area contributed by atoms with Gasteiger partial charge >= 0.3 is 103 Å². The van der Waals surface area contributed by atoms with Gasteiger partial charge in [0.25, 0.3) is 0 Å². The number of hydrogen-bond donors (Lipinski definition) is 2. The Balaban J connectivity index is 0.00000420. The topological polar surface area (TPSA) is 182 Å². The van der Waals surface area contributed by atoms with E-state index in [1.165, 1.54) is 0 Å². The Kier molecular flexibility index (Phi) is 15.2. The summed E-state index contributed by atoms with van der Waals surface area (Å²) in [6.07, 6.45) is 2.29. The number of ether oxygens (including phenoxy) is 1. The van der Waals surface area contributed by atoms with Crippen LogP contribution in [0.1, 0.15) is 44.9 Å². The van der Waals surface area contributed by atoms with Crippen LogP contribution in [-0.4, -0.2) is 76.0 Å². The largest absolute Gasteiger partial charge is 1.00 e. The standard InChI is InChI=1S/C14H28N2O9S3.2K/c1-26(17,18)16-11-4-2-3-10(5-11)15-9-25-12-6-13(27(19,20)21)8-14(7-12)28(22,23)24;;/h10-16H,2-9H2,1H3,(H,19,20,21)(H,22,23,24);;/q;2*+1/p-2. The fraction of sp³-hybridized carbons (Fsp3) is 1.00. The molecule has 0 spiro atoms. The fourth-order valence-electron chi connectivity index (χ4n) is 3.84. The summed E-state index contributed by atoms with van der Waals surface area (Å²) in [5.41, 5.74) is 0. The Hall–Kier alpha value is 2.92. The molecular formula is C14H26K2N2O9S3. The molecule has 4 atom stereocenters. The maximum Gasteiger partial charge on any atom is 1.00 e. The maximum absolute atomic E-state index is 11.3. The molecule has 0 radical (unpaired) electrons. The molecule has 11 nitrogen and oxygen atoms in total. The van der Waals surface area contributed by atoms with Gasteiger partial charge in [-0.2, -0.15) is 0 Å². The molecule has 0 amide bonds. The van der Waals surface area contributed by atoms with Crippen LogP contribution in [0.15, 0.2) is 0 Å². The van der Waals surface area contributed by atoms with Gasteiger partial charge in [0.1, 0.15) is 0 Å². The van der Waals surface area contributed by atoms with E-state index in [2.05, 4.69) is 10.0 Å². The molecule has 2 saturated carbocycles. The predicted molar refractivity (Wildman–Crippen MR) is 97.7 cm³/mol. The molecule has 2 aliphatic carbocycles. The molecule has 166 valence electrons. The monoisotopic (exact) mass is 540 g/mol. The summed E-state index contributed by atoms with van der Waals surface area (Å²) in [5.74, 6) is 0. The summed E-state index contributed by atoms with van der Waals surface area (Å²) in [7, 11) is -12.8. The number of rotatable bonds is 8. The third-order valence-electron chi connectivity index (χ3n) is 5.14. The van der Waals surface area contributed by atoms with Gasteiger partial charge in [0, 0.05) is 12.1 Å². The number of hydrogen-bond acceptors (Lipinski definition) is 10. The molecule has 0 aromatic rings. The Morgan fingerprint density at radius 2 is 1.33 bits per heavy atom. The van der Waals surface area contributed by atoms with E-state index in [1.54, 1.807) is 0 Å². The van der Waals surface area contributed by atoms with Crippen molar-refractivity contribution in [1.82, 2.24) is 10.0 Å². The molecule has 0 aromatic heterocycles. The van der Waals surface area contributed by atoms with E-state index in [9.17, 15) is 34.4 Å². The van der Waals surface area contributed by atoms with Crippen molar-refractivity contribution in [1.29, 1.82) is 0 Å². The second kappa shape index (κ2) is 13.9. The van der Waals surface area contributed by atoms with E-state index < -0.39 is 53.3 Å². The van der Waals surface area contributed by atoms with Crippen LogP contribution in [-0.2, 0) is 35.0 Å². The molecule has 0 aliphatic heterocycles. The van der Waals surface area contributed by atoms with Crippen molar-refractivity contribution in [2.24, 2.45) is 0 Å². The Morgan fingerprint density at radius 3 is 1.80 bits per heavy atom. The maximum atomic E-state index is 11.3. The zero-order valence-corrected chi connectivity index (χ0v) is 26.1. The molecule has 0 heterocycles. The third kappa shape index (κ3) is 12.1. The van der Waals surface area contributed by atoms with Gasteiger partial charge in [0.2, 0.25) is 10.0 Å². The molecule has 16 heteroatoms. The second-order valence-corrected chi connectivity index (χ2v) is 12.6. The van der Waals surface area contributed by atoms with Gasteiger partial charge in [0.15, 0.2) is 0 Å². The Morgan fingerprint density at radius 1 is 0.833 bits per heavy atom. The van der Waals surface area contributed by atoms with Gasteiger partial charge in [-0.3, -0.25) is 5.32 Å². The molecule has 2 N–H and O–H groups in total. The number of nitrogens with one attached hydrogen (secondary N) is 2. The molecule has 0 saturated heterocycles. The van der Waals surface area contributed by atoms with E-state index in [0.29, 0.717) is 6.42 Å². The van der Waals surface area contributed by atoms with E-state index in [4.69, 9.17) is 4.74 Å². The first-order valence-electron chi connectivity index (χ1n) is 8.95. The van der Waals surface area contributed by atoms with Crippen LogP contribution in [0.4, 0.5) is 0 Å². The van der Waals surface area contributed by atoms with E-state index >= 15 is 0 Å². The molecule has 2 fully saturated rings. The van der Waals surface area contributed by atoms with E-state index in [1.807, 2.05) is 0 Å². The third-order valence-corrected chi connectivity index (χ3v) is 8.30. The quantitative estimate of drug-likeness (QED) is 0.170. The minimum atomic E-state index is -4.74. The average Bonchev–Trinajstić information content (AvgIpc) is 2.51. The van der Waals surface area contributed by atoms with Crippen molar-refractivity contribution in [3.05, 3.63) is 0 Å². The molecule has 0 aromatic carbocycles. The van der Waals surface area contributed by atoms with Gasteiger partial charge < -0.3 is 13.8 Å². The Bertz CT molecular complexity index is 812. The summed E-state index contributed by atoms with van der Waals surface area (Å²) in [5, 5.41) is 0.131. The van der Waals surface area contributed by atoms with Gasteiger partial charge in [-0.25, -0.2) is 30.0 Å². The van der Waals surface area contributed by atoms with Gasteiger partial charge in [-0.05, 0) is 38.5 Å². The molecule has 0 bridgehead atoms. The molecule has 2 rings (SSSR count). The van der Waals surface area contributed by atoms with Crippen LogP contribution in [0.2, 0.25) is 0 Å². The first-order valence-corrected chi connectivity index (χ1v) is 13.8. The van der Waals surface area contributed by atoms with Crippen LogP contribution in [0.5, 0.6) is 0 Å². The summed E-state index contributed by atoms with van der Waals surface area (Å²) in [6, 6.07) is -0.226. The van der Waals surface area contributed by atoms with Crippen molar-refractivity contribution in [3.8, 4) is 0 Å². The molecule has 2 aliphatic rings. The second-order valence-electron chi connectivity index (χ2n) is 7.52. The van der Waals surface area contributed by atoms with Crippen molar-refractivity contribution in [2.45, 2.75) is 73.6 Å². The van der Waals surface area contributed by atoms with Crippen molar-refractivity contribution >= 4 is 30.3 Å². The Labute approximate surface area is 264 Å². The van der Waals surface area contributed by atoms with Gasteiger partial charge in [-0.15, -0.1) is 0 Å². The summed E-state index contributed by atoms with van der Waals surface area (Å²) in [4.78, 5) is 0. The van der Waals surface area contributed by atoms with Crippen LogP contribution in [0.25, 0.3) is 0 Å². The van der Waals surface area contributed by atoms with Crippen LogP contribution >= 0.6 is 0 Å². The van der Waals surface area contributed by atoms with Crippen molar-refractivity contribution < 1.29 is 142 Å². The van der Waals surface area contributed by atoms with E-state index in [-0.39, 0.29) is 134 Å². The van der Waals surface area contributed by atoms with Gasteiger partial charge in [0.05, 0.1) is 49.8 Å². The SMILES string of the molecule is CS(=O)(=O)NC1CCCC(NCOC2CC(S(=O)(=O)[O-])CC(S(=O)(=O)[O-])C2)C1.[K+].[K+]. The molecule has 30 heavy (non-hydrogen) atoms. The minimum Gasteiger partial charge on any atom is -0.748 e. The first-order chi connectivity index (χ1) is 12.7. The van der Waals surface area contributed by atoms with E-state index in [0.717, 1.165) is 25.5 Å². The zero-order valence-electron chi connectivity index (χ0n) is 17.4.